The van der Waals surface area contributed by atoms with Crippen LogP contribution < -0.4 is 4.90 Å². The van der Waals surface area contributed by atoms with Crippen LogP contribution in [0.5, 0.6) is 0 Å². The fourth-order valence-corrected chi connectivity index (χ4v) is 0.969. The van der Waals surface area contributed by atoms with Crippen LogP contribution in [-0.2, 0) is 0 Å². The van der Waals surface area contributed by atoms with Crippen molar-refractivity contribution in [1.29, 1.82) is 0 Å². The molecule has 0 spiro atoms. The molecule has 1 N–H and O–H groups in total. The second-order valence-corrected chi connectivity index (χ2v) is 2.57. The van der Waals surface area contributed by atoms with Gasteiger partial charge in [-0.25, -0.2) is 9.78 Å². The van der Waals surface area contributed by atoms with Crippen LogP contribution in [0.15, 0.2) is 23.3 Å². The number of aromatic nitrogens is 1. The van der Waals surface area contributed by atoms with Crippen molar-refractivity contribution in [3.05, 3.63) is 18.3 Å². The molecule has 14 heavy (non-hydrogen) atoms. The van der Waals surface area contributed by atoms with Crippen molar-refractivity contribution in [2.75, 3.05) is 11.9 Å². The Balaban J connectivity index is 3.19. The van der Waals surface area contributed by atoms with Gasteiger partial charge in [0.2, 0.25) is 0 Å². The number of carboxylic acid groups (broad SMARTS) is 1. The first-order valence-corrected chi connectivity index (χ1v) is 4.07. The van der Waals surface area contributed by atoms with Crippen molar-refractivity contribution < 1.29 is 9.90 Å². The van der Waals surface area contributed by atoms with Crippen molar-refractivity contribution in [1.82, 2.24) is 4.98 Å². The molecule has 0 fully saturated rings. The molecule has 0 aliphatic rings. The highest BCUT2D eigenvalue weighted by Gasteiger charge is 2.12. The van der Waals surface area contributed by atoms with E-state index in [1.54, 1.807) is 12.1 Å². The summed E-state index contributed by atoms with van der Waals surface area (Å²) in [4.78, 5) is 19.2. The van der Waals surface area contributed by atoms with Gasteiger partial charge in [-0.05, 0) is 24.4 Å². The van der Waals surface area contributed by atoms with Crippen molar-refractivity contribution in [3.8, 4) is 0 Å². The lowest BCUT2D eigenvalue weighted by Gasteiger charge is -2.13. The van der Waals surface area contributed by atoms with Gasteiger partial charge in [-0.1, -0.05) is 0 Å². The van der Waals surface area contributed by atoms with Crippen molar-refractivity contribution in [2.24, 2.45) is 4.99 Å². The maximum absolute atomic E-state index is 10.7. The number of nitrogens with zero attached hydrogens (tertiary/aromatic N) is 3. The maximum atomic E-state index is 10.7. The Morgan fingerprint density at radius 1 is 1.79 bits per heavy atom. The van der Waals surface area contributed by atoms with Gasteiger partial charge in [-0.3, -0.25) is 4.90 Å². The minimum absolute atomic E-state index is 0.243. The zero-order chi connectivity index (χ0) is 10.6. The third-order valence-electron chi connectivity index (χ3n) is 1.57. The normalized spacial score (nSPS) is 8.93. The molecular formula is C8H7N3O2S. The van der Waals surface area contributed by atoms with E-state index in [2.05, 4.69) is 27.4 Å². The lowest BCUT2D eigenvalue weighted by atomic mass is 10.3. The third kappa shape index (κ3) is 2.12. The Morgan fingerprint density at radius 2 is 2.50 bits per heavy atom. The number of hydrogen-bond donors (Lipinski definition) is 1. The van der Waals surface area contributed by atoms with E-state index in [1.807, 2.05) is 0 Å². The smallest absolute Gasteiger partial charge is 0.411 e. The molecule has 0 saturated carbocycles. The van der Waals surface area contributed by atoms with Crippen molar-refractivity contribution in [3.63, 3.8) is 0 Å². The fourth-order valence-electron chi connectivity index (χ4n) is 0.883. The minimum atomic E-state index is -1.08. The van der Waals surface area contributed by atoms with E-state index in [9.17, 15) is 4.79 Å². The molecule has 0 aliphatic carbocycles. The summed E-state index contributed by atoms with van der Waals surface area (Å²) < 4.78 is 0. The molecule has 0 atom stereocenters. The predicted octanol–water partition coefficient (Wildman–Crippen LogP) is 1.93. The first-order chi connectivity index (χ1) is 6.66. The van der Waals surface area contributed by atoms with Gasteiger partial charge in [0.25, 0.3) is 0 Å². The summed E-state index contributed by atoms with van der Waals surface area (Å²) in [5, 5.41) is 10.9. The average Bonchev–Trinajstić information content (AvgIpc) is 2.18. The van der Waals surface area contributed by atoms with Gasteiger partial charge in [0.15, 0.2) is 5.82 Å². The topological polar surface area (TPSA) is 65.8 Å². The van der Waals surface area contributed by atoms with Gasteiger partial charge in [-0.2, -0.15) is 4.99 Å². The largest absolute Gasteiger partial charge is 0.465 e. The van der Waals surface area contributed by atoms with E-state index in [0.29, 0.717) is 5.69 Å². The number of hydrogen-bond acceptors (Lipinski definition) is 4. The molecule has 1 heterocycles. The van der Waals surface area contributed by atoms with Crippen LogP contribution in [0.3, 0.4) is 0 Å². The standard InChI is InChI=1S/C8H7N3O2S/c1-11(8(12)13)6-3-2-4-9-7(6)10-5-14/h2-4H,1H3,(H,12,13). The lowest BCUT2D eigenvalue weighted by molar-refractivity contribution is 0.203. The monoisotopic (exact) mass is 209 g/mol. The average molecular weight is 209 g/mol. The van der Waals surface area contributed by atoms with Crippen LogP contribution >= 0.6 is 12.2 Å². The third-order valence-corrected chi connectivity index (χ3v) is 1.66. The molecule has 1 aromatic rings. The van der Waals surface area contributed by atoms with E-state index in [0.717, 1.165) is 4.90 Å². The minimum Gasteiger partial charge on any atom is -0.465 e. The molecule has 0 aromatic carbocycles. The predicted molar refractivity (Wildman–Crippen MR) is 55.4 cm³/mol. The number of rotatable bonds is 2. The fraction of sp³-hybridized carbons (Fsp3) is 0.125. The molecule has 1 rings (SSSR count). The lowest BCUT2D eigenvalue weighted by Crippen LogP contribution is -2.23. The molecule has 0 saturated heterocycles. The SMILES string of the molecule is CN(C(=O)O)c1cccnc1N=C=S. The summed E-state index contributed by atoms with van der Waals surface area (Å²) in [6.45, 7) is 0. The molecule has 72 valence electrons. The summed E-state index contributed by atoms with van der Waals surface area (Å²) in [6.07, 6.45) is 0.420. The van der Waals surface area contributed by atoms with Crippen LogP contribution in [0.25, 0.3) is 0 Å². The number of carbonyl (C=O) groups is 1. The number of aliphatic imine (C=N–C) groups is 1. The van der Waals surface area contributed by atoms with Gasteiger partial charge < -0.3 is 5.11 Å². The molecule has 5 nitrogen and oxygen atoms in total. The van der Waals surface area contributed by atoms with Crippen LogP contribution in [0.2, 0.25) is 0 Å². The zero-order valence-corrected chi connectivity index (χ0v) is 8.15. The number of pyridine rings is 1. The Bertz CT molecular complexity index is 401. The zero-order valence-electron chi connectivity index (χ0n) is 7.34. The van der Waals surface area contributed by atoms with E-state index in [1.165, 1.54) is 13.2 Å². The number of isothiocyanates is 1. The number of thiocarbonyl (C=S) groups is 1. The summed E-state index contributed by atoms with van der Waals surface area (Å²) in [5.41, 5.74) is 0.373. The Morgan fingerprint density at radius 3 is 3.07 bits per heavy atom. The van der Waals surface area contributed by atoms with E-state index in [-0.39, 0.29) is 5.82 Å². The van der Waals surface area contributed by atoms with Gasteiger partial charge in [0.05, 0.1) is 10.8 Å². The van der Waals surface area contributed by atoms with Gasteiger partial charge in [0.1, 0.15) is 0 Å². The molecular weight excluding hydrogens is 202 g/mol. The molecule has 1 amide bonds. The maximum Gasteiger partial charge on any atom is 0.411 e. The quantitative estimate of drug-likeness (QED) is 0.597. The second kappa shape index (κ2) is 4.45. The molecule has 0 unspecified atom stereocenters. The van der Waals surface area contributed by atoms with E-state index >= 15 is 0 Å². The summed E-state index contributed by atoms with van der Waals surface area (Å²) in [7, 11) is 1.40. The molecule has 0 radical (unpaired) electrons. The Kier molecular flexibility index (Phi) is 3.28. The summed E-state index contributed by atoms with van der Waals surface area (Å²) in [6, 6.07) is 3.21. The molecule has 0 bridgehead atoms. The number of amides is 1. The first-order valence-electron chi connectivity index (χ1n) is 3.66. The Hall–Kier alpha value is -1.78. The van der Waals surface area contributed by atoms with Crippen LogP contribution in [0.1, 0.15) is 0 Å². The molecule has 6 heteroatoms. The van der Waals surface area contributed by atoms with Crippen LogP contribution in [0, 0.1) is 0 Å². The van der Waals surface area contributed by atoms with Crippen LogP contribution in [-0.4, -0.2) is 28.4 Å². The van der Waals surface area contributed by atoms with Gasteiger partial charge in [-0.15, -0.1) is 0 Å². The summed E-state index contributed by atoms with van der Waals surface area (Å²) >= 11 is 4.42. The van der Waals surface area contributed by atoms with Gasteiger partial charge >= 0.3 is 6.09 Å². The van der Waals surface area contributed by atoms with Crippen molar-refractivity contribution in [2.45, 2.75) is 0 Å². The second-order valence-electron chi connectivity index (χ2n) is 2.39. The first kappa shape index (κ1) is 10.3. The highest BCUT2D eigenvalue weighted by atomic mass is 32.1. The summed E-state index contributed by atoms with van der Waals surface area (Å²) in [5.74, 6) is 0.243. The Labute approximate surface area is 85.7 Å². The van der Waals surface area contributed by atoms with E-state index < -0.39 is 6.09 Å². The van der Waals surface area contributed by atoms with Crippen LogP contribution in [0.4, 0.5) is 16.3 Å². The van der Waals surface area contributed by atoms with E-state index in [4.69, 9.17) is 5.11 Å². The van der Waals surface area contributed by atoms with Gasteiger partial charge in [0, 0.05) is 13.2 Å². The molecule has 1 aromatic heterocycles. The molecule has 0 aliphatic heterocycles. The highest BCUT2D eigenvalue weighted by molar-refractivity contribution is 7.78. The number of anilines is 1. The highest BCUT2D eigenvalue weighted by Crippen LogP contribution is 2.23. The van der Waals surface area contributed by atoms with Crippen molar-refractivity contribution >= 4 is 35.0 Å².